The highest BCUT2D eigenvalue weighted by atomic mass is 127. The van der Waals surface area contributed by atoms with Crippen molar-refractivity contribution in [2.45, 2.75) is 19.8 Å². The van der Waals surface area contributed by atoms with Crippen LogP contribution in [0.4, 0.5) is 0 Å². The predicted octanol–water partition coefficient (Wildman–Crippen LogP) is 1.29. The van der Waals surface area contributed by atoms with Crippen molar-refractivity contribution < 1.29 is 19.1 Å². The van der Waals surface area contributed by atoms with Gasteiger partial charge in [-0.3, -0.25) is 9.59 Å². The molecule has 98 valence electrons. The van der Waals surface area contributed by atoms with Gasteiger partial charge in [-0.1, -0.05) is 0 Å². The lowest BCUT2D eigenvalue weighted by molar-refractivity contribution is -0.157. The quantitative estimate of drug-likeness (QED) is 0.445. The van der Waals surface area contributed by atoms with Crippen molar-refractivity contribution >= 4 is 34.5 Å². The molecule has 0 aliphatic carbocycles. The fourth-order valence-electron chi connectivity index (χ4n) is 1.23. The Balaban J connectivity index is 2.99. The van der Waals surface area contributed by atoms with Gasteiger partial charge in [0.25, 0.3) is 0 Å². The summed E-state index contributed by atoms with van der Waals surface area (Å²) < 4.78 is 10.5. The zero-order valence-electron chi connectivity index (χ0n) is 10.1. The Bertz CT molecular complexity index is 404. The average Bonchev–Trinajstić information content (AvgIpc) is 2.33. The van der Waals surface area contributed by atoms with Crippen molar-refractivity contribution in [3.05, 3.63) is 21.8 Å². The first kappa shape index (κ1) is 14.8. The zero-order valence-corrected chi connectivity index (χ0v) is 12.2. The molecule has 0 spiro atoms. The van der Waals surface area contributed by atoms with Crippen molar-refractivity contribution in [1.82, 2.24) is 9.97 Å². The van der Waals surface area contributed by atoms with Gasteiger partial charge in [-0.05, 0) is 36.4 Å². The second-order valence-electron chi connectivity index (χ2n) is 3.20. The van der Waals surface area contributed by atoms with E-state index in [9.17, 15) is 9.59 Å². The lowest BCUT2D eigenvalue weighted by Crippen LogP contribution is -2.27. The Morgan fingerprint density at radius 2 is 1.61 bits per heavy atom. The Hall–Kier alpha value is -1.25. The van der Waals surface area contributed by atoms with Crippen molar-refractivity contribution in [1.29, 1.82) is 0 Å². The van der Waals surface area contributed by atoms with E-state index in [2.05, 4.69) is 9.97 Å². The number of rotatable bonds is 5. The summed E-state index contributed by atoms with van der Waals surface area (Å²) in [6.45, 7) is 3.68. The van der Waals surface area contributed by atoms with Gasteiger partial charge in [-0.15, -0.1) is 0 Å². The van der Waals surface area contributed by atoms with E-state index < -0.39 is 17.9 Å². The van der Waals surface area contributed by atoms with Gasteiger partial charge < -0.3 is 9.47 Å². The number of halogens is 1. The van der Waals surface area contributed by atoms with E-state index in [-0.39, 0.29) is 19.0 Å². The molecule has 1 aromatic heterocycles. The normalized spacial score (nSPS) is 10.2. The number of aromatic nitrogens is 2. The molecule has 1 rings (SSSR count). The van der Waals surface area contributed by atoms with Gasteiger partial charge in [-0.25, -0.2) is 9.97 Å². The Morgan fingerprint density at radius 3 is 2.00 bits per heavy atom. The highest BCUT2D eigenvalue weighted by molar-refractivity contribution is 14.1. The van der Waals surface area contributed by atoms with Crippen molar-refractivity contribution in [2.24, 2.45) is 0 Å². The van der Waals surface area contributed by atoms with Crippen LogP contribution in [0.2, 0.25) is 0 Å². The van der Waals surface area contributed by atoms with E-state index in [0.717, 1.165) is 3.57 Å². The molecule has 0 radical (unpaired) electrons. The van der Waals surface area contributed by atoms with Crippen LogP contribution >= 0.6 is 22.6 Å². The molecule has 0 fully saturated rings. The van der Waals surface area contributed by atoms with Gasteiger partial charge in [0.1, 0.15) is 0 Å². The van der Waals surface area contributed by atoms with E-state index in [1.54, 1.807) is 13.8 Å². The van der Waals surface area contributed by atoms with Gasteiger partial charge >= 0.3 is 11.9 Å². The standard InChI is InChI=1S/C11H13IN2O4/c1-3-17-10(15)8(11(16)18-4-2)9-13-5-7(12)6-14-9/h5-6,8H,3-4H2,1-2H3. The second kappa shape index (κ2) is 7.24. The molecular weight excluding hydrogens is 351 g/mol. The SMILES string of the molecule is CCOC(=O)C(C(=O)OCC)c1ncc(I)cn1. The highest BCUT2D eigenvalue weighted by Crippen LogP contribution is 2.16. The number of hydrogen-bond acceptors (Lipinski definition) is 6. The minimum Gasteiger partial charge on any atom is -0.465 e. The largest absolute Gasteiger partial charge is 0.465 e. The molecule has 1 aromatic rings. The molecule has 18 heavy (non-hydrogen) atoms. The highest BCUT2D eigenvalue weighted by Gasteiger charge is 2.34. The molecule has 6 nitrogen and oxygen atoms in total. The number of ether oxygens (including phenoxy) is 2. The lowest BCUT2D eigenvalue weighted by atomic mass is 10.1. The van der Waals surface area contributed by atoms with Crippen molar-refractivity contribution in [2.75, 3.05) is 13.2 Å². The summed E-state index contributed by atoms with van der Waals surface area (Å²) >= 11 is 2.03. The van der Waals surface area contributed by atoms with E-state index >= 15 is 0 Å². The zero-order chi connectivity index (χ0) is 13.5. The first-order valence-corrected chi connectivity index (χ1v) is 6.48. The molecule has 7 heteroatoms. The fourth-order valence-corrected chi connectivity index (χ4v) is 1.51. The van der Waals surface area contributed by atoms with E-state index in [1.165, 1.54) is 12.4 Å². The number of esters is 2. The van der Waals surface area contributed by atoms with E-state index in [1.807, 2.05) is 22.6 Å². The maximum absolute atomic E-state index is 11.7. The van der Waals surface area contributed by atoms with Crippen LogP contribution in [-0.2, 0) is 19.1 Å². The Labute approximate surface area is 118 Å². The van der Waals surface area contributed by atoms with Crippen LogP contribution in [-0.4, -0.2) is 35.1 Å². The molecule has 0 saturated heterocycles. The third kappa shape index (κ3) is 3.90. The molecule has 0 unspecified atom stereocenters. The molecule has 0 N–H and O–H groups in total. The number of carbonyl (C=O) groups is 2. The summed E-state index contributed by atoms with van der Waals surface area (Å²) in [5.74, 6) is -2.52. The van der Waals surface area contributed by atoms with Gasteiger partial charge in [0.15, 0.2) is 5.82 Å². The van der Waals surface area contributed by atoms with Crippen LogP contribution in [0, 0.1) is 3.57 Å². The van der Waals surface area contributed by atoms with Gasteiger partial charge in [0, 0.05) is 16.0 Å². The first-order chi connectivity index (χ1) is 8.60. The third-order valence-corrected chi connectivity index (χ3v) is 2.50. The molecule has 0 amide bonds. The molecule has 0 aliphatic rings. The minimum atomic E-state index is -1.22. The van der Waals surface area contributed by atoms with Gasteiger partial charge in [0.2, 0.25) is 5.92 Å². The van der Waals surface area contributed by atoms with Crippen molar-refractivity contribution in [3.63, 3.8) is 0 Å². The topological polar surface area (TPSA) is 78.4 Å². The number of carbonyl (C=O) groups excluding carboxylic acids is 2. The summed E-state index contributed by atoms with van der Waals surface area (Å²) in [6.07, 6.45) is 3.04. The van der Waals surface area contributed by atoms with E-state index in [0.29, 0.717) is 0 Å². The molecule has 1 heterocycles. The monoisotopic (exact) mass is 364 g/mol. The van der Waals surface area contributed by atoms with E-state index in [4.69, 9.17) is 9.47 Å². The van der Waals surface area contributed by atoms with Crippen LogP contribution in [0.15, 0.2) is 12.4 Å². The van der Waals surface area contributed by atoms with Crippen LogP contribution < -0.4 is 0 Å². The average molecular weight is 364 g/mol. The molecule has 0 aromatic carbocycles. The van der Waals surface area contributed by atoms with Crippen molar-refractivity contribution in [3.8, 4) is 0 Å². The first-order valence-electron chi connectivity index (χ1n) is 5.40. The number of hydrogen-bond donors (Lipinski definition) is 0. The second-order valence-corrected chi connectivity index (χ2v) is 4.44. The molecular formula is C11H13IN2O4. The fraction of sp³-hybridized carbons (Fsp3) is 0.455. The minimum absolute atomic E-state index is 0.0901. The summed E-state index contributed by atoms with van der Waals surface area (Å²) in [5.41, 5.74) is 0. The Kier molecular flexibility index (Phi) is 5.96. The van der Waals surface area contributed by atoms with Gasteiger partial charge in [0.05, 0.1) is 13.2 Å². The smallest absolute Gasteiger partial charge is 0.328 e. The predicted molar refractivity (Wildman–Crippen MR) is 70.8 cm³/mol. The lowest BCUT2D eigenvalue weighted by Gasteiger charge is -2.12. The Morgan fingerprint density at radius 1 is 1.17 bits per heavy atom. The molecule has 0 aliphatic heterocycles. The maximum Gasteiger partial charge on any atom is 0.328 e. The number of nitrogens with zero attached hydrogens (tertiary/aromatic N) is 2. The molecule has 0 atom stereocenters. The molecule has 0 saturated carbocycles. The van der Waals surface area contributed by atoms with Gasteiger partial charge in [-0.2, -0.15) is 0 Å². The molecule has 0 bridgehead atoms. The van der Waals surface area contributed by atoms with Crippen LogP contribution in [0.1, 0.15) is 25.6 Å². The van der Waals surface area contributed by atoms with Crippen LogP contribution in [0.3, 0.4) is 0 Å². The summed E-state index contributed by atoms with van der Waals surface area (Å²) in [7, 11) is 0. The summed E-state index contributed by atoms with van der Waals surface area (Å²) in [5, 5.41) is 0. The summed E-state index contributed by atoms with van der Waals surface area (Å²) in [4.78, 5) is 31.4. The maximum atomic E-state index is 11.7. The van der Waals surface area contributed by atoms with Crippen LogP contribution in [0.25, 0.3) is 0 Å². The summed E-state index contributed by atoms with van der Waals surface area (Å²) in [6, 6.07) is 0. The van der Waals surface area contributed by atoms with Crippen LogP contribution in [0.5, 0.6) is 0 Å². The third-order valence-electron chi connectivity index (χ3n) is 1.94.